The van der Waals surface area contributed by atoms with Gasteiger partial charge in [0, 0.05) is 18.9 Å². The van der Waals surface area contributed by atoms with E-state index in [-0.39, 0.29) is 0 Å². The van der Waals surface area contributed by atoms with Gasteiger partial charge < -0.3 is 14.2 Å². The molecule has 0 aliphatic carbocycles. The summed E-state index contributed by atoms with van der Waals surface area (Å²) in [4.78, 5) is 0. The van der Waals surface area contributed by atoms with Crippen molar-refractivity contribution >= 4 is 15.0 Å². The summed E-state index contributed by atoms with van der Waals surface area (Å²) < 4.78 is 11.0. The second-order valence-electron chi connectivity index (χ2n) is 2.96. The predicted molar refractivity (Wildman–Crippen MR) is 63.9 cm³/mol. The average molecular weight is 224 g/mol. The summed E-state index contributed by atoms with van der Waals surface area (Å²) in [7, 11) is -1.16. The molecule has 0 saturated carbocycles. The van der Waals surface area contributed by atoms with Crippen LogP contribution in [0.4, 0.5) is 5.69 Å². The number of rotatable bonds is 7. The van der Waals surface area contributed by atoms with Crippen LogP contribution in [0.2, 0.25) is 0 Å². The van der Waals surface area contributed by atoms with Crippen molar-refractivity contribution in [1.29, 1.82) is 0 Å². The second-order valence-corrected chi connectivity index (χ2v) is 4.63. The lowest BCUT2D eigenvalue weighted by Crippen LogP contribution is -2.32. The molecule has 0 aromatic heterocycles. The van der Waals surface area contributed by atoms with Gasteiger partial charge in [0.25, 0.3) is 0 Å². The number of hydrogen-bond donors (Lipinski definition) is 1. The highest BCUT2D eigenvalue weighted by molar-refractivity contribution is 6.45. The maximum Gasteiger partial charge on any atom is 0.405 e. The minimum atomic E-state index is -1.16. The first-order chi connectivity index (χ1) is 7.36. The molecular weight excluding hydrogens is 206 g/mol. The van der Waals surface area contributed by atoms with Crippen LogP contribution in [0.5, 0.6) is 0 Å². The summed E-state index contributed by atoms with van der Waals surface area (Å²) in [6, 6.07) is 10.1. The van der Waals surface area contributed by atoms with E-state index in [9.17, 15) is 0 Å². The van der Waals surface area contributed by atoms with Crippen LogP contribution in [0.25, 0.3) is 0 Å². The molecule has 0 saturated heterocycles. The zero-order valence-electron chi connectivity index (χ0n) is 9.32. The van der Waals surface area contributed by atoms with Gasteiger partial charge in [-0.2, -0.15) is 0 Å². The predicted octanol–water partition coefficient (Wildman–Crippen LogP) is 2.20. The molecule has 3 nitrogen and oxygen atoms in total. The molecule has 0 atom stereocenters. The largest absolute Gasteiger partial charge is 0.405 e. The van der Waals surface area contributed by atoms with Gasteiger partial charge in [-0.1, -0.05) is 18.2 Å². The number of nitrogens with one attached hydrogen (secondary N) is 1. The van der Waals surface area contributed by atoms with E-state index in [0.29, 0.717) is 13.2 Å². The fourth-order valence-corrected chi connectivity index (χ4v) is 2.48. The fourth-order valence-electron chi connectivity index (χ4n) is 1.20. The molecule has 1 radical (unpaired) electrons. The van der Waals surface area contributed by atoms with Gasteiger partial charge in [-0.3, -0.25) is 0 Å². The average Bonchev–Trinajstić information content (AvgIpc) is 2.28. The van der Waals surface area contributed by atoms with Gasteiger partial charge in [-0.25, -0.2) is 0 Å². The molecule has 4 heteroatoms. The highest BCUT2D eigenvalue weighted by atomic mass is 28.3. The number of hydrogen-bond acceptors (Lipinski definition) is 3. The summed E-state index contributed by atoms with van der Waals surface area (Å²) >= 11 is 0. The molecule has 1 rings (SSSR count). The van der Waals surface area contributed by atoms with E-state index in [2.05, 4.69) is 5.32 Å². The molecule has 0 aliphatic heterocycles. The van der Waals surface area contributed by atoms with Gasteiger partial charge in [-0.15, -0.1) is 0 Å². The smallest absolute Gasteiger partial charge is 0.393 e. The minimum absolute atomic E-state index is 0.713. The SMILES string of the molecule is CCO[Si](CNc1ccccc1)OCC. The summed E-state index contributed by atoms with van der Waals surface area (Å²) in [5.41, 5.74) is 1.11. The number of benzene rings is 1. The Morgan fingerprint density at radius 2 is 1.67 bits per heavy atom. The van der Waals surface area contributed by atoms with Gasteiger partial charge in [0.1, 0.15) is 0 Å². The van der Waals surface area contributed by atoms with Crippen LogP contribution in [0, 0.1) is 0 Å². The van der Waals surface area contributed by atoms with Crippen LogP contribution in [0.1, 0.15) is 13.8 Å². The van der Waals surface area contributed by atoms with Gasteiger partial charge in [0.15, 0.2) is 0 Å². The Hall–Kier alpha value is -0.843. The Bertz CT molecular complexity index is 250. The van der Waals surface area contributed by atoms with Crippen LogP contribution in [-0.2, 0) is 8.85 Å². The third kappa shape index (κ3) is 4.97. The van der Waals surface area contributed by atoms with Crippen molar-refractivity contribution in [2.75, 3.05) is 24.7 Å². The van der Waals surface area contributed by atoms with E-state index in [1.165, 1.54) is 0 Å². The lowest BCUT2D eigenvalue weighted by atomic mass is 10.3. The lowest BCUT2D eigenvalue weighted by Gasteiger charge is -2.14. The molecule has 0 bridgehead atoms. The zero-order chi connectivity index (χ0) is 10.9. The van der Waals surface area contributed by atoms with E-state index in [0.717, 1.165) is 11.9 Å². The molecule has 0 aliphatic rings. The first-order valence-electron chi connectivity index (χ1n) is 5.27. The Kier molecular flexibility index (Phi) is 6.07. The molecule has 83 valence electrons. The van der Waals surface area contributed by atoms with Crippen molar-refractivity contribution < 1.29 is 8.85 Å². The Morgan fingerprint density at radius 3 is 2.20 bits per heavy atom. The molecule has 0 amide bonds. The molecule has 1 aromatic rings. The van der Waals surface area contributed by atoms with Crippen molar-refractivity contribution in [1.82, 2.24) is 0 Å². The lowest BCUT2D eigenvalue weighted by molar-refractivity contribution is 0.216. The topological polar surface area (TPSA) is 30.5 Å². The Labute approximate surface area is 93.3 Å². The third-order valence-electron chi connectivity index (χ3n) is 1.82. The van der Waals surface area contributed by atoms with Crippen LogP contribution in [0.3, 0.4) is 0 Å². The van der Waals surface area contributed by atoms with Gasteiger partial charge in [0.05, 0.1) is 6.17 Å². The standard InChI is InChI=1S/C11H18NO2Si/c1-3-13-15(14-4-2)10-12-11-8-6-5-7-9-11/h5-9,12H,3-4,10H2,1-2H3. The van der Waals surface area contributed by atoms with E-state index in [1.54, 1.807) is 0 Å². The van der Waals surface area contributed by atoms with Crippen LogP contribution in [-0.4, -0.2) is 28.7 Å². The Balaban J connectivity index is 2.33. The highest BCUT2D eigenvalue weighted by Crippen LogP contribution is 2.04. The van der Waals surface area contributed by atoms with Crippen molar-refractivity contribution in [2.45, 2.75) is 13.8 Å². The molecule has 15 heavy (non-hydrogen) atoms. The molecular formula is C11H18NO2Si. The molecule has 0 fully saturated rings. The number of para-hydroxylation sites is 1. The zero-order valence-corrected chi connectivity index (χ0v) is 10.3. The van der Waals surface area contributed by atoms with E-state index in [1.807, 2.05) is 44.2 Å². The van der Waals surface area contributed by atoms with Crippen LogP contribution < -0.4 is 5.32 Å². The summed E-state index contributed by atoms with van der Waals surface area (Å²) in [5.74, 6) is 0. The van der Waals surface area contributed by atoms with Crippen molar-refractivity contribution in [2.24, 2.45) is 0 Å². The molecule has 1 aromatic carbocycles. The minimum Gasteiger partial charge on any atom is -0.393 e. The molecule has 0 heterocycles. The van der Waals surface area contributed by atoms with Crippen LogP contribution in [0.15, 0.2) is 30.3 Å². The van der Waals surface area contributed by atoms with Gasteiger partial charge in [-0.05, 0) is 26.0 Å². The van der Waals surface area contributed by atoms with Crippen molar-refractivity contribution in [3.8, 4) is 0 Å². The van der Waals surface area contributed by atoms with Crippen molar-refractivity contribution in [3.05, 3.63) is 30.3 Å². The monoisotopic (exact) mass is 224 g/mol. The van der Waals surface area contributed by atoms with E-state index < -0.39 is 9.28 Å². The first-order valence-corrected chi connectivity index (χ1v) is 6.79. The third-order valence-corrected chi connectivity index (χ3v) is 3.51. The highest BCUT2D eigenvalue weighted by Gasteiger charge is 2.13. The summed E-state index contributed by atoms with van der Waals surface area (Å²) in [6.07, 6.45) is 0.774. The number of anilines is 1. The maximum absolute atomic E-state index is 5.52. The van der Waals surface area contributed by atoms with Crippen LogP contribution >= 0.6 is 0 Å². The fraction of sp³-hybridized carbons (Fsp3) is 0.455. The van der Waals surface area contributed by atoms with E-state index in [4.69, 9.17) is 8.85 Å². The molecule has 0 unspecified atom stereocenters. The molecule has 0 spiro atoms. The second kappa shape index (κ2) is 7.45. The quantitative estimate of drug-likeness (QED) is 0.720. The molecule has 1 N–H and O–H groups in total. The summed E-state index contributed by atoms with van der Waals surface area (Å²) in [6.45, 7) is 5.41. The Morgan fingerprint density at radius 1 is 1.07 bits per heavy atom. The van der Waals surface area contributed by atoms with Crippen molar-refractivity contribution in [3.63, 3.8) is 0 Å². The summed E-state index contributed by atoms with van der Waals surface area (Å²) in [5, 5.41) is 3.31. The maximum atomic E-state index is 5.52. The normalized spacial score (nSPS) is 10.6. The van der Waals surface area contributed by atoms with Gasteiger partial charge in [0.2, 0.25) is 0 Å². The van der Waals surface area contributed by atoms with E-state index >= 15 is 0 Å². The van der Waals surface area contributed by atoms with Gasteiger partial charge >= 0.3 is 9.28 Å². The first kappa shape index (κ1) is 12.2.